The number of likely N-dealkylation sites (tertiary alicyclic amines) is 2. The zero-order valence-electron chi connectivity index (χ0n) is 18.1. The van der Waals surface area contributed by atoms with Crippen LogP contribution in [0, 0.1) is 29.7 Å². The van der Waals surface area contributed by atoms with Crippen LogP contribution in [0.4, 0.5) is 4.79 Å². The third-order valence-electron chi connectivity index (χ3n) is 8.32. The molecule has 4 rings (SSSR count). The van der Waals surface area contributed by atoms with E-state index in [9.17, 15) is 9.59 Å². The summed E-state index contributed by atoms with van der Waals surface area (Å²) in [5.74, 6) is 2.13. The monoisotopic (exact) mass is 400 g/mol. The van der Waals surface area contributed by atoms with Gasteiger partial charge < -0.3 is 9.80 Å². The first-order chi connectivity index (χ1) is 13.9. The van der Waals surface area contributed by atoms with E-state index in [2.05, 4.69) is 4.85 Å². The van der Waals surface area contributed by atoms with Crippen LogP contribution in [0.2, 0.25) is 0 Å². The second kappa shape index (κ2) is 8.16. The molecule has 3 amide bonds. The van der Waals surface area contributed by atoms with E-state index in [-0.39, 0.29) is 23.5 Å². The smallest absolute Gasteiger partial charge is 0.319 e. The normalized spacial score (nSPS) is 34.4. The average molecular weight is 401 g/mol. The molecule has 0 aromatic rings. The van der Waals surface area contributed by atoms with Crippen LogP contribution < -0.4 is 0 Å². The number of hydrogen-bond acceptors (Lipinski definition) is 2. The fraction of sp³-hybridized carbons (Fsp3) is 0.870. The van der Waals surface area contributed by atoms with Crippen molar-refractivity contribution in [2.24, 2.45) is 23.2 Å². The molecule has 2 aliphatic carbocycles. The van der Waals surface area contributed by atoms with Crippen molar-refractivity contribution < 1.29 is 9.59 Å². The van der Waals surface area contributed by atoms with Gasteiger partial charge in [0.05, 0.1) is 0 Å². The maximum atomic E-state index is 12.9. The predicted octanol–water partition coefficient (Wildman–Crippen LogP) is 3.83. The summed E-state index contributed by atoms with van der Waals surface area (Å²) in [4.78, 5) is 34.5. The number of rotatable bonds is 4. The Balaban J connectivity index is 1.42. The molecule has 4 aliphatic rings. The summed E-state index contributed by atoms with van der Waals surface area (Å²) in [6.07, 6.45) is 10.8. The van der Waals surface area contributed by atoms with Gasteiger partial charge in [-0.2, -0.15) is 0 Å². The third-order valence-corrected chi connectivity index (χ3v) is 8.32. The number of carbonyl (C=O) groups excluding carboxylic acids is 2. The van der Waals surface area contributed by atoms with Crippen LogP contribution in [0.5, 0.6) is 0 Å². The van der Waals surface area contributed by atoms with Gasteiger partial charge in [0.25, 0.3) is 0 Å². The first-order valence-electron chi connectivity index (χ1n) is 11.6. The molecule has 2 heterocycles. The number of urea groups is 1. The van der Waals surface area contributed by atoms with Crippen LogP contribution in [0.1, 0.15) is 64.2 Å². The van der Waals surface area contributed by atoms with Crippen molar-refractivity contribution in [3.63, 3.8) is 0 Å². The van der Waals surface area contributed by atoms with Crippen LogP contribution in [-0.2, 0) is 4.79 Å². The summed E-state index contributed by atoms with van der Waals surface area (Å²) in [6, 6.07) is 0.139. The molecule has 6 nitrogen and oxygen atoms in total. The minimum atomic E-state index is -0.224. The number of amides is 3. The van der Waals surface area contributed by atoms with Gasteiger partial charge in [0, 0.05) is 46.6 Å². The van der Waals surface area contributed by atoms with Crippen molar-refractivity contribution in [1.29, 1.82) is 0 Å². The molecule has 2 aliphatic heterocycles. The standard InChI is InChI=1S/C23H36N4O2/c1-24-20-9-6-12-27(20)21(28)10-11-23(19-7-4-5-8-19)13-17-15-26(16-18(17)14-23)22(29)25(2)3/h17-20H,4-16H2,2-3H3/t17-,18+,20-,23?/m0/s1. The van der Waals surface area contributed by atoms with Gasteiger partial charge in [-0.3, -0.25) is 14.5 Å². The maximum absolute atomic E-state index is 12.9. The second-order valence-electron chi connectivity index (χ2n) is 10.2. The van der Waals surface area contributed by atoms with Gasteiger partial charge in [0.1, 0.15) is 0 Å². The van der Waals surface area contributed by atoms with Crippen LogP contribution in [-0.4, -0.2) is 66.5 Å². The minimum absolute atomic E-state index is 0.139. The highest BCUT2D eigenvalue weighted by Gasteiger charge is 2.53. The van der Waals surface area contributed by atoms with E-state index in [4.69, 9.17) is 6.57 Å². The largest absolute Gasteiger partial charge is 0.331 e. The molecule has 2 saturated carbocycles. The van der Waals surface area contributed by atoms with Gasteiger partial charge in [0.2, 0.25) is 5.91 Å². The van der Waals surface area contributed by atoms with Gasteiger partial charge in [-0.25, -0.2) is 11.4 Å². The Bertz CT molecular complexity index is 665. The number of hydrogen-bond donors (Lipinski definition) is 0. The highest BCUT2D eigenvalue weighted by molar-refractivity contribution is 5.77. The van der Waals surface area contributed by atoms with Gasteiger partial charge in [-0.1, -0.05) is 12.8 Å². The molecule has 0 aromatic heterocycles. The molecule has 1 unspecified atom stereocenters. The molecule has 4 fully saturated rings. The lowest BCUT2D eigenvalue weighted by Crippen LogP contribution is -2.39. The molecule has 0 spiro atoms. The lowest BCUT2D eigenvalue weighted by Gasteiger charge is -2.38. The lowest BCUT2D eigenvalue weighted by atomic mass is 9.69. The van der Waals surface area contributed by atoms with Gasteiger partial charge >= 0.3 is 12.2 Å². The van der Waals surface area contributed by atoms with Crippen molar-refractivity contribution >= 4 is 11.9 Å². The van der Waals surface area contributed by atoms with Gasteiger partial charge in [-0.05, 0) is 61.7 Å². The van der Waals surface area contributed by atoms with Crippen molar-refractivity contribution in [3.05, 3.63) is 11.4 Å². The van der Waals surface area contributed by atoms with E-state index in [1.54, 1.807) is 4.90 Å². The Morgan fingerprint density at radius 2 is 1.72 bits per heavy atom. The predicted molar refractivity (Wildman–Crippen MR) is 112 cm³/mol. The average Bonchev–Trinajstić information content (AvgIpc) is 3.48. The van der Waals surface area contributed by atoms with E-state index in [0.29, 0.717) is 18.3 Å². The van der Waals surface area contributed by atoms with Crippen LogP contribution >= 0.6 is 0 Å². The summed E-state index contributed by atoms with van der Waals surface area (Å²) in [6.45, 7) is 9.89. The Hall–Kier alpha value is -1.77. The molecule has 0 bridgehead atoms. The highest BCUT2D eigenvalue weighted by Crippen LogP contribution is 2.58. The van der Waals surface area contributed by atoms with Crippen molar-refractivity contribution in [1.82, 2.24) is 14.7 Å². The number of fused-ring (bicyclic) bond motifs is 1. The second-order valence-corrected chi connectivity index (χ2v) is 10.2. The summed E-state index contributed by atoms with van der Waals surface area (Å²) in [5, 5.41) is 0. The summed E-state index contributed by atoms with van der Waals surface area (Å²) >= 11 is 0. The Morgan fingerprint density at radius 3 is 2.31 bits per heavy atom. The topological polar surface area (TPSA) is 48.2 Å². The fourth-order valence-corrected chi connectivity index (χ4v) is 6.92. The molecule has 0 aromatic carbocycles. The van der Waals surface area contributed by atoms with E-state index >= 15 is 0 Å². The van der Waals surface area contributed by atoms with Crippen molar-refractivity contribution in [2.75, 3.05) is 33.7 Å². The molecule has 160 valence electrons. The lowest BCUT2D eigenvalue weighted by molar-refractivity contribution is -0.132. The quantitative estimate of drug-likeness (QED) is 0.673. The molecule has 4 atom stereocenters. The molecule has 6 heteroatoms. The molecule has 29 heavy (non-hydrogen) atoms. The summed E-state index contributed by atoms with van der Waals surface area (Å²) < 4.78 is 0. The molecular formula is C23H36N4O2. The fourth-order valence-electron chi connectivity index (χ4n) is 6.92. The number of carbonyl (C=O) groups is 2. The van der Waals surface area contributed by atoms with Crippen LogP contribution in [0.25, 0.3) is 4.85 Å². The molecular weight excluding hydrogens is 364 g/mol. The SMILES string of the molecule is [C-]#[N+][C@@H]1CCCN1C(=O)CCC1(C2CCCC2)C[C@H]2CN(C(=O)N(C)C)C[C@H]2C1. The van der Waals surface area contributed by atoms with Crippen molar-refractivity contribution in [2.45, 2.75) is 70.4 Å². The van der Waals surface area contributed by atoms with E-state index < -0.39 is 0 Å². The Morgan fingerprint density at radius 1 is 1.07 bits per heavy atom. The molecule has 2 saturated heterocycles. The third kappa shape index (κ3) is 3.85. The number of nitrogens with zero attached hydrogens (tertiary/aromatic N) is 4. The Kier molecular flexibility index (Phi) is 5.77. The van der Waals surface area contributed by atoms with E-state index in [0.717, 1.165) is 44.8 Å². The molecule has 0 radical (unpaired) electrons. The van der Waals surface area contributed by atoms with Crippen molar-refractivity contribution in [3.8, 4) is 0 Å². The van der Waals surface area contributed by atoms with E-state index in [1.165, 1.54) is 38.5 Å². The zero-order valence-corrected chi connectivity index (χ0v) is 18.1. The molecule has 0 N–H and O–H groups in total. The minimum Gasteiger partial charge on any atom is -0.331 e. The van der Waals surface area contributed by atoms with Crippen LogP contribution in [0.15, 0.2) is 0 Å². The Labute approximate surface area is 175 Å². The van der Waals surface area contributed by atoms with E-state index in [1.807, 2.05) is 23.9 Å². The maximum Gasteiger partial charge on any atom is 0.319 e. The van der Waals surface area contributed by atoms with Gasteiger partial charge in [-0.15, -0.1) is 0 Å². The zero-order chi connectivity index (χ0) is 20.6. The first kappa shape index (κ1) is 20.5. The van der Waals surface area contributed by atoms with Gasteiger partial charge in [0.15, 0.2) is 0 Å². The van der Waals surface area contributed by atoms with Crippen LogP contribution in [0.3, 0.4) is 0 Å². The first-order valence-corrected chi connectivity index (χ1v) is 11.6. The summed E-state index contributed by atoms with van der Waals surface area (Å²) in [7, 11) is 3.67. The highest BCUT2D eigenvalue weighted by atomic mass is 16.2. The summed E-state index contributed by atoms with van der Waals surface area (Å²) in [5.41, 5.74) is 0.280.